The Kier molecular flexibility index (Phi) is 6.06. The van der Waals surface area contributed by atoms with Crippen molar-refractivity contribution in [3.8, 4) is 17.0 Å². The van der Waals surface area contributed by atoms with E-state index in [1.807, 2.05) is 66.7 Å². The smallest absolute Gasteiger partial charge is 0.228 e. The monoisotopic (exact) mass is 509 g/mol. The van der Waals surface area contributed by atoms with Gasteiger partial charge in [0, 0.05) is 32.2 Å². The van der Waals surface area contributed by atoms with Gasteiger partial charge in [-0.15, -0.1) is 0 Å². The van der Waals surface area contributed by atoms with Crippen molar-refractivity contribution >= 4 is 44.3 Å². The van der Waals surface area contributed by atoms with Crippen LogP contribution in [0.25, 0.3) is 22.2 Å². The summed E-state index contributed by atoms with van der Waals surface area (Å²) in [6.07, 6.45) is 0. The van der Waals surface area contributed by atoms with Gasteiger partial charge in [0.05, 0.1) is 18.3 Å². The van der Waals surface area contributed by atoms with Crippen molar-refractivity contribution in [1.29, 1.82) is 0 Å². The van der Waals surface area contributed by atoms with E-state index in [-0.39, 0.29) is 5.78 Å². The van der Waals surface area contributed by atoms with E-state index in [9.17, 15) is 4.79 Å². The fourth-order valence-electron chi connectivity index (χ4n) is 3.75. The quantitative estimate of drug-likeness (QED) is 0.248. The third-order valence-corrected chi connectivity index (χ3v) is 5.93. The van der Waals surface area contributed by atoms with Crippen LogP contribution in [0.2, 0.25) is 0 Å². The fourth-order valence-corrected chi connectivity index (χ4v) is 4.11. The van der Waals surface area contributed by atoms with Crippen molar-refractivity contribution in [2.75, 3.05) is 12.4 Å². The van der Waals surface area contributed by atoms with Crippen LogP contribution in [0.4, 0.5) is 11.6 Å². The number of nitrogens with one attached hydrogen (secondary N) is 1. The van der Waals surface area contributed by atoms with Crippen molar-refractivity contribution < 1.29 is 9.53 Å². The number of hydrogen-bond donors (Lipinski definition) is 1. The van der Waals surface area contributed by atoms with E-state index in [1.54, 1.807) is 37.4 Å². The molecule has 4 aromatic carbocycles. The Balaban J connectivity index is 1.50. The predicted molar refractivity (Wildman–Crippen MR) is 139 cm³/mol. The molecule has 0 aliphatic heterocycles. The molecule has 0 amide bonds. The minimum atomic E-state index is -0.0689. The molecule has 6 heteroatoms. The molecule has 0 saturated heterocycles. The minimum absolute atomic E-state index is 0.0689. The van der Waals surface area contributed by atoms with Crippen molar-refractivity contribution in [3.05, 3.63) is 113 Å². The lowest BCUT2D eigenvalue weighted by molar-refractivity contribution is 0.103. The molecule has 0 saturated carbocycles. The Labute approximate surface area is 205 Å². The Hall–Kier alpha value is -4.03. The van der Waals surface area contributed by atoms with Gasteiger partial charge in [-0.3, -0.25) is 4.79 Å². The highest BCUT2D eigenvalue weighted by Crippen LogP contribution is 2.30. The average Bonchev–Trinajstić information content (AvgIpc) is 2.89. The van der Waals surface area contributed by atoms with Gasteiger partial charge >= 0.3 is 0 Å². The lowest BCUT2D eigenvalue weighted by atomic mass is 10.0. The van der Waals surface area contributed by atoms with Crippen molar-refractivity contribution in [1.82, 2.24) is 9.97 Å². The van der Waals surface area contributed by atoms with E-state index in [2.05, 4.69) is 21.2 Å². The van der Waals surface area contributed by atoms with Crippen LogP contribution in [0, 0.1) is 0 Å². The number of fused-ring (bicyclic) bond motifs is 1. The molecular weight excluding hydrogens is 490 g/mol. The van der Waals surface area contributed by atoms with Crippen LogP contribution >= 0.6 is 15.9 Å². The zero-order chi connectivity index (χ0) is 23.5. The number of carbonyl (C=O) groups is 1. The van der Waals surface area contributed by atoms with Gasteiger partial charge in [0.25, 0.3) is 0 Å². The molecule has 0 spiro atoms. The fraction of sp³-hybridized carbons (Fsp3) is 0.0357. The molecule has 0 bridgehead atoms. The highest BCUT2D eigenvalue weighted by atomic mass is 79.9. The predicted octanol–water partition coefficient (Wildman–Crippen LogP) is 7.04. The number of benzene rings is 4. The summed E-state index contributed by atoms with van der Waals surface area (Å²) >= 11 is 3.55. The molecule has 5 aromatic rings. The molecule has 166 valence electrons. The summed E-state index contributed by atoms with van der Waals surface area (Å²) in [6, 6.07) is 30.4. The van der Waals surface area contributed by atoms with Gasteiger partial charge in [0.1, 0.15) is 5.75 Å². The van der Waals surface area contributed by atoms with Crippen LogP contribution in [0.5, 0.6) is 5.75 Å². The number of aromatic nitrogens is 2. The second kappa shape index (κ2) is 9.45. The van der Waals surface area contributed by atoms with Crippen LogP contribution in [0.3, 0.4) is 0 Å². The van der Waals surface area contributed by atoms with Gasteiger partial charge < -0.3 is 10.1 Å². The molecule has 0 unspecified atom stereocenters. The highest BCUT2D eigenvalue weighted by Gasteiger charge is 2.13. The van der Waals surface area contributed by atoms with Crippen LogP contribution in [-0.2, 0) is 0 Å². The maximum absolute atomic E-state index is 13.0. The summed E-state index contributed by atoms with van der Waals surface area (Å²) < 4.78 is 6.15. The minimum Gasteiger partial charge on any atom is -0.497 e. The number of nitrogens with zero attached hydrogens (tertiary/aromatic N) is 2. The Morgan fingerprint density at radius 2 is 1.62 bits per heavy atom. The second-order valence-electron chi connectivity index (χ2n) is 7.69. The largest absolute Gasteiger partial charge is 0.497 e. The topological polar surface area (TPSA) is 64.1 Å². The summed E-state index contributed by atoms with van der Waals surface area (Å²) in [6.45, 7) is 0. The molecule has 0 radical (unpaired) electrons. The van der Waals surface area contributed by atoms with Gasteiger partial charge in [0.2, 0.25) is 5.95 Å². The maximum atomic E-state index is 13.0. The zero-order valence-corrected chi connectivity index (χ0v) is 19.9. The molecule has 0 aliphatic carbocycles. The number of carbonyl (C=O) groups excluding carboxylic acids is 1. The SMILES string of the molecule is COc1ccc(C(=O)c2cccc(Nc3nc(-c4ccccc4)c4cc(Br)ccc4n3)c2)cc1. The molecule has 0 aliphatic rings. The Morgan fingerprint density at radius 3 is 2.38 bits per heavy atom. The van der Waals surface area contributed by atoms with Crippen LogP contribution in [0.1, 0.15) is 15.9 Å². The third-order valence-electron chi connectivity index (χ3n) is 5.44. The van der Waals surface area contributed by atoms with Crippen LogP contribution < -0.4 is 10.1 Å². The van der Waals surface area contributed by atoms with Gasteiger partial charge in [-0.05, 0) is 54.6 Å². The van der Waals surface area contributed by atoms with Crippen LogP contribution in [0.15, 0.2) is 102 Å². The number of methoxy groups -OCH3 is 1. The summed E-state index contributed by atoms with van der Waals surface area (Å²) in [5, 5.41) is 4.23. The molecule has 1 aromatic heterocycles. The molecule has 0 fully saturated rings. The van der Waals surface area contributed by atoms with E-state index in [0.29, 0.717) is 22.8 Å². The molecule has 5 rings (SSSR count). The van der Waals surface area contributed by atoms with E-state index >= 15 is 0 Å². The van der Waals surface area contributed by atoms with Gasteiger partial charge in [-0.1, -0.05) is 58.4 Å². The Bertz CT molecular complexity index is 1490. The molecule has 1 heterocycles. The standard InChI is InChI=1S/C28H20BrN3O2/c1-34-23-13-10-19(11-14-23)27(33)20-8-5-9-22(16-20)30-28-31-25-15-12-21(29)17-24(25)26(32-28)18-6-3-2-4-7-18/h2-17H,1H3,(H,30,31,32). The van der Waals surface area contributed by atoms with Gasteiger partial charge in [0.15, 0.2) is 5.78 Å². The highest BCUT2D eigenvalue weighted by molar-refractivity contribution is 9.10. The van der Waals surface area contributed by atoms with E-state index in [1.165, 1.54) is 0 Å². The third kappa shape index (κ3) is 4.54. The van der Waals surface area contributed by atoms with E-state index in [4.69, 9.17) is 14.7 Å². The zero-order valence-electron chi connectivity index (χ0n) is 18.3. The first-order valence-electron chi connectivity index (χ1n) is 10.7. The normalized spacial score (nSPS) is 10.8. The average molecular weight is 510 g/mol. The van der Waals surface area contributed by atoms with Gasteiger partial charge in [-0.25, -0.2) is 9.97 Å². The molecule has 34 heavy (non-hydrogen) atoms. The molecule has 0 atom stereocenters. The summed E-state index contributed by atoms with van der Waals surface area (Å²) in [4.78, 5) is 22.5. The molecular formula is C28H20BrN3O2. The van der Waals surface area contributed by atoms with Crippen molar-refractivity contribution in [2.45, 2.75) is 0 Å². The summed E-state index contributed by atoms with van der Waals surface area (Å²) in [7, 11) is 1.60. The lowest BCUT2D eigenvalue weighted by Gasteiger charge is -2.12. The van der Waals surface area contributed by atoms with E-state index in [0.717, 1.165) is 32.3 Å². The van der Waals surface area contributed by atoms with Crippen LogP contribution in [-0.4, -0.2) is 22.9 Å². The first-order chi connectivity index (χ1) is 16.6. The van der Waals surface area contributed by atoms with Gasteiger partial charge in [-0.2, -0.15) is 0 Å². The number of hydrogen-bond acceptors (Lipinski definition) is 5. The summed E-state index contributed by atoms with van der Waals surface area (Å²) in [5.74, 6) is 1.10. The number of ketones is 1. The van der Waals surface area contributed by atoms with Crippen molar-refractivity contribution in [3.63, 3.8) is 0 Å². The first kappa shape index (κ1) is 21.8. The molecule has 5 nitrogen and oxygen atoms in total. The maximum Gasteiger partial charge on any atom is 0.228 e. The van der Waals surface area contributed by atoms with E-state index < -0.39 is 0 Å². The molecule has 1 N–H and O–H groups in total. The first-order valence-corrected chi connectivity index (χ1v) is 11.5. The number of rotatable bonds is 6. The number of ether oxygens (including phenoxy) is 1. The number of anilines is 2. The van der Waals surface area contributed by atoms with Crippen molar-refractivity contribution in [2.24, 2.45) is 0 Å². The second-order valence-corrected chi connectivity index (χ2v) is 8.60. The lowest BCUT2D eigenvalue weighted by Crippen LogP contribution is -2.04. The Morgan fingerprint density at radius 1 is 0.824 bits per heavy atom. The summed E-state index contributed by atoms with van der Waals surface area (Å²) in [5.41, 5.74) is 4.55. The number of halogens is 1.